The Morgan fingerprint density at radius 2 is 2.40 bits per heavy atom. The molecule has 1 N–H and O–H groups in total. The first-order valence-corrected chi connectivity index (χ1v) is 7.53. The van der Waals surface area contributed by atoms with Crippen molar-refractivity contribution in [3.05, 3.63) is 24.3 Å². The molecular formula is C15H16N2O2S. The van der Waals surface area contributed by atoms with Crippen LogP contribution in [0.1, 0.15) is 6.42 Å². The molecule has 1 saturated heterocycles. The first-order chi connectivity index (χ1) is 9.65. The quantitative estimate of drug-likeness (QED) is 0.675. The molecular weight excluding hydrogens is 272 g/mol. The first-order valence-electron chi connectivity index (χ1n) is 6.31. The number of nitrogens with zero attached hydrogens (tertiary/aromatic N) is 1. The van der Waals surface area contributed by atoms with Crippen molar-refractivity contribution < 1.29 is 9.59 Å². The molecule has 1 aliphatic heterocycles. The number of amides is 2. The Balaban J connectivity index is 2.09. The zero-order valence-electron chi connectivity index (χ0n) is 11.3. The van der Waals surface area contributed by atoms with E-state index in [2.05, 4.69) is 11.2 Å². The number of hydrogen-bond acceptors (Lipinski definition) is 3. The SMILES string of the molecule is C#CCNC(=O)C1CC(=O)N(c2cccc(SC)c2)C1. The van der Waals surface area contributed by atoms with Crippen LogP contribution in [0, 0.1) is 18.3 Å². The minimum Gasteiger partial charge on any atom is -0.345 e. The highest BCUT2D eigenvalue weighted by Crippen LogP contribution is 2.28. The monoisotopic (exact) mass is 288 g/mol. The Bertz CT molecular complexity index is 565. The molecule has 1 heterocycles. The summed E-state index contributed by atoms with van der Waals surface area (Å²) in [4.78, 5) is 26.7. The molecule has 0 radical (unpaired) electrons. The van der Waals surface area contributed by atoms with Gasteiger partial charge in [0.15, 0.2) is 0 Å². The number of carbonyl (C=O) groups excluding carboxylic acids is 2. The molecule has 20 heavy (non-hydrogen) atoms. The van der Waals surface area contributed by atoms with Crippen molar-refractivity contribution in [1.29, 1.82) is 0 Å². The van der Waals surface area contributed by atoms with Crippen LogP contribution in [-0.2, 0) is 9.59 Å². The van der Waals surface area contributed by atoms with Crippen LogP contribution in [0.5, 0.6) is 0 Å². The van der Waals surface area contributed by atoms with Crippen molar-refractivity contribution in [2.45, 2.75) is 11.3 Å². The molecule has 1 aromatic rings. The minimum absolute atomic E-state index is 0.0240. The van der Waals surface area contributed by atoms with Crippen LogP contribution in [0.4, 0.5) is 5.69 Å². The van der Waals surface area contributed by atoms with Gasteiger partial charge in [0, 0.05) is 23.5 Å². The second kappa shape index (κ2) is 6.49. The van der Waals surface area contributed by atoms with E-state index < -0.39 is 0 Å². The van der Waals surface area contributed by atoms with Gasteiger partial charge in [0.25, 0.3) is 0 Å². The van der Waals surface area contributed by atoms with Crippen molar-refractivity contribution in [1.82, 2.24) is 5.32 Å². The van der Waals surface area contributed by atoms with E-state index in [9.17, 15) is 9.59 Å². The summed E-state index contributed by atoms with van der Waals surface area (Å²) in [6.45, 7) is 0.610. The Labute approximate surface area is 122 Å². The van der Waals surface area contributed by atoms with Gasteiger partial charge >= 0.3 is 0 Å². The van der Waals surface area contributed by atoms with Crippen LogP contribution in [0.2, 0.25) is 0 Å². The molecule has 0 spiro atoms. The van der Waals surface area contributed by atoms with Crippen LogP contribution in [0.3, 0.4) is 0 Å². The molecule has 0 saturated carbocycles. The summed E-state index contributed by atoms with van der Waals surface area (Å²) in [7, 11) is 0. The molecule has 1 aliphatic rings. The molecule has 5 heteroatoms. The smallest absolute Gasteiger partial charge is 0.227 e. The highest BCUT2D eigenvalue weighted by atomic mass is 32.2. The zero-order chi connectivity index (χ0) is 14.5. The average Bonchev–Trinajstić information content (AvgIpc) is 2.87. The number of nitrogens with one attached hydrogen (secondary N) is 1. The molecule has 0 bridgehead atoms. The fourth-order valence-electron chi connectivity index (χ4n) is 2.19. The van der Waals surface area contributed by atoms with Gasteiger partial charge in [0.1, 0.15) is 0 Å². The highest BCUT2D eigenvalue weighted by molar-refractivity contribution is 7.98. The maximum atomic E-state index is 12.1. The fraction of sp³-hybridized carbons (Fsp3) is 0.333. The number of anilines is 1. The predicted molar refractivity (Wildman–Crippen MR) is 80.5 cm³/mol. The van der Waals surface area contributed by atoms with E-state index in [4.69, 9.17) is 6.42 Å². The molecule has 1 fully saturated rings. The maximum absolute atomic E-state index is 12.1. The second-order valence-corrected chi connectivity index (χ2v) is 5.41. The van der Waals surface area contributed by atoms with E-state index in [0.717, 1.165) is 10.6 Å². The van der Waals surface area contributed by atoms with Crippen molar-refractivity contribution in [3.8, 4) is 12.3 Å². The largest absolute Gasteiger partial charge is 0.345 e. The third-order valence-electron chi connectivity index (χ3n) is 3.23. The average molecular weight is 288 g/mol. The van der Waals surface area contributed by atoms with Crippen LogP contribution < -0.4 is 10.2 Å². The van der Waals surface area contributed by atoms with Crippen molar-refractivity contribution in [3.63, 3.8) is 0 Å². The van der Waals surface area contributed by atoms with Gasteiger partial charge in [-0.05, 0) is 24.5 Å². The summed E-state index contributed by atoms with van der Waals surface area (Å²) >= 11 is 1.62. The number of hydrogen-bond donors (Lipinski definition) is 1. The number of benzene rings is 1. The number of thioether (sulfide) groups is 1. The van der Waals surface area contributed by atoms with E-state index in [1.165, 1.54) is 0 Å². The summed E-state index contributed by atoms with van der Waals surface area (Å²) in [6.07, 6.45) is 7.33. The Morgan fingerprint density at radius 3 is 3.10 bits per heavy atom. The molecule has 1 atom stereocenters. The Hall–Kier alpha value is -1.93. The maximum Gasteiger partial charge on any atom is 0.227 e. The van der Waals surface area contributed by atoms with Gasteiger partial charge in [-0.25, -0.2) is 0 Å². The van der Waals surface area contributed by atoms with Crippen molar-refractivity contribution in [2.75, 3.05) is 24.2 Å². The third-order valence-corrected chi connectivity index (χ3v) is 3.95. The van der Waals surface area contributed by atoms with Crippen molar-refractivity contribution >= 4 is 29.3 Å². The molecule has 0 aliphatic carbocycles. The summed E-state index contributed by atoms with van der Waals surface area (Å²) < 4.78 is 0. The summed E-state index contributed by atoms with van der Waals surface area (Å²) in [6, 6.07) is 7.76. The topological polar surface area (TPSA) is 49.4 Å². The molecule has 104 valence electrons. The number of carbonyl (C=O) groups is 2. The Morgan fingerprint density at radius 1 is 1.60 bits per heavy atom. The standard InChI is InChI=1S/C15H16N2O2S/c1-3-7-16-15(19)11-8-14(18)17(10-11)12-5-4-6-13(9-12)20-2/h1,4-6,9,11H,7-8,10H2,2H3,(H,16,19). The lowest BCUT2D eigenvalue weighted by molar-refractivity contribution is -0.126. The number of terminal acetylenes is 1. The molecule has 2 amide bonds. The van der Waals surface area contributed by atoms with E-state index in [-0.39, 0.29) is 30.7 Å². The molecule has 1 aromatic carbocycles. The van der Waals surface area contributed by atoms with Gasteiger partial charge < -0.3 is 10.2 Å². The second-order valence-electron chi connectivity index (χ2n) is 4.53. The molecule has 4 nitrogen and oxygen atoms in total. The summed E-state index contributed by atoms with van der Waals surface area (Å²) in [5, 5.41) is 2.63. The van der Waals surface area contributed by atoms with Crippen LogP contribution in [-0.4, -0.2) is 31.2 Å². The van der Waals surface area contributed by atoms with Gasteiger partial charge in [-0.2, -0.15) is 0 Å². The minimum atomic E-state index is -0.325. The van der Waals surface area contributed by atoms with Crippen LogP contribution >= 0.6 is 11.8 Å². The van der Waals surface area contributed by atoms with Crippen LogP contribution in [0.25, 0.3) is 0 Å². The Kier molecular flexibility index (Phi) is 4.70. The van der Waals surface area contributed by atoms with Gasteiger partial charge in [0.05, 0.1) is 12.5 Å². The third kappa shape index (κ3) is 3.14. The van der Waals surface area contributed by atoms with E-state index in [0.29, 0.717) is 6.54 Å². The zero-order valence-corrected chi connectivity index (χ0v) is 12.1. The van der Waals surface area contributed by atoms with Crippen LogP contribution in [0.15, 0.2) is 29.2 Å². The summed E-state index contributed by atoms with van der Waals surface area (Å²) in [5.41, 5.74) is 0.842. The van der Waals surface area contributed by atoms with E-state index >= 15 is 0 Å². The normalized spacial score (nSPS) is 17.9. The van der Waals surface area contributed by atoms with Gasteiger partial charge in [0.2, 0.25) is 11.8 Å². The lowest BCUT2D eigenvalue weighted by Gasteiger charge is -2.17. The predicted octanol–water partition coefficient (Wildman–Crippen LogP) is 1.51. The lowest BCUT2D eigenvalue weighted by atomic mass is 10.1. The number of rotatable bonds is 4. The van der Waals surface area contributed by atoms with Gasteiger partial charge in [-0.15, -0.1) is 18.2 Å². The summed E-state index contributed by atoms with van der Waals surface area (Å²) in [5.74, 6) is 1.86. The van der Waals surface area contributed by atoms with Gasteiger partial charge in [-0.3, -0.25) is 9.59 Å². The molecule has 2 rings (SSSR count). The van der Waals surface area contributed by atoms with Gasteiger partial charge in [-0.1, -0.05) is 12.0 Å². The van der Waals surface area contributed by atoms with E-state index in [1.54, 1.807) is 16.7 Å². The fourth-order valence-corrected chi connectivity index (χ4v) is 2.65. The van der Waals surface area contributed by atoms with E-state index in [1.807, 2.05) is 30.5 Å². The highest BCUT2D eigenvalue weighted by Gasteiger charge is 2.34. The first kappa shape index (κ1) is 14.5. The molecule has 1 unspecified atom stereocenters. The lowest BCUT2D eigenvalue weighted by Crippen LogP contribution is -2.33. The molecule has 0 aromatic heterocycles. The van der Waals surface area contributed by atoms with Crippen molar-refractivity contribution in [2.24, 2.45) is 5.92 Å².